The summed E-state index contributed by atoms with van der Waals surface area (Å²) in [6.45, 7) is 6.61. The van der Waals surface area contributed by atoms with E-state index in [2.05, 4.69) is 25.7 Å². The van der Waals surface area contributed by atoms with Crippen LogP contribution in [-0.2, 0) is 0 Å². The molecule has 0 heteroatoms. The summed E-state index contributed by atoms with van der Waals surface area (Å²) < 4.78 is 0. The Morgan fingerprint density at radius 3 is 1.32 bits per heavy atom. The van der Waals surface area contributed by atoms with Crippen molar-refractivity contribution in [3.8, 4) is 11.8 Å². The Bertz CT molecular complexity index is 332. The van der Waals surface area contributed by atoms with Gasteiger partial charge in [-0.1, -0.05) is 142 Å². The zero-order valence-electron chi connectivity index (χ0n) is 20.1. The van der Waals surface area contributed by atoms with Gasteiger partial charge in [-0.15, -0.1) is 11.8 Å². The van der Waals surface area contributed by atoms with Crippen molar-refractivity contribution in [1.82, 2.24) is 0 Å². The van der Waals surface area contributed by atoms with Crippen molar-refractivity contribution in [2.75, 3.05) is 0 Å². The topological polar surface area (TPSA) is 0 Å². The van der Waals surface area contributed by atoms with Crippen LogP contribution in [0.4, 0.5) is 0 Å². The molecule has 0 fully saturated rings. The number of hydrogen-bond acceptors (Lipinski definition) is 0. The summed E-state index contributed by atoms with van der Waals surface area (Å²) in [5.74, 6) is 7.19. The SMILES string of the molecule is CC#CCCCCCCCCCCCCC(CCCC)CCCCCCCC. The lowest BCUT2D eigenvalue weighted by atomic mass is 9.90. The normalized spacial score (nSPS) is 12.0. The highest BCUT2D eigenvalue weighted by molar-refractivity contribution is 4.94. The Balaban J connectivity index is 3.48. The Kier molecular flexibility index (Phi) is 24.2. The van der Waals surface area contributed by atoms with Crippen molar-refractivity contribution in [2.45, 2.75) is 162 Å². The van der Waals surface area contributed by atoms with E-state index >= 15 is 0 Å². The molecule has 0 aromatic carbocycles. The average Bonchev–Trinajstić information content (AvgIpc) is 2.71. The molecule has 0 aliphatic carbocycles. The molecule has 0 aliphatic heterocycles. The highest BCUT2D eigenvalue weighted by Gasteiger charge is 2.08. The lowest BCUT2D eigenvalue weighted by molar-refractivity contribution is 0.370. The van der Waals surface area contributed by atoms with Crippen LogP contribution in [0.15, 0.2) is 0 Å². The smallest absolute Gasteiger partial charge is 0.00885 e. The van der Waals surface area contributed by atoms with Crippen molar-refractivity contribution >= 4 is 0 Å². The summed E-state index contributed by atoms with van der Waals surface area (Å²) in [6, 6.07) is 0. The van der Waals surface area contributed by atoms with E-state index in [9.17, 15) is 0 Å². The molecule has 0 radical (unpaired) electrons. The van der Waals surface area contributed by atoms with Gasteiger partial charge in [-0.05, 0) is 19.3 Å². The molecule has 0 rings (SSSR count). The summed E-state index contributed by atoms with van der Waals surface area (Å²) in [6.07, 6.45) is 31.5. The monoisotopic (exact) mass is 390 g/mol. The van der Waals surface area contributed by atoms with E-state index in [1.165, 1.54) is 135 Å². The summed E-state index contributed by atoms with van der Waals surface area (Å²) >= 11 is 0. The van der Waals surface area contributed by atoms with Crippen LogP contribution in [0.25, 0.3) is 0 Å². The van der Waals surface area contributed by atoms with Crippen LogP contribution in [0, 0.1) is 17.8 Å². The molecule has 1 unspecified atom stereocenters. The fourth-order valence-corrected chi connectivity index (χ4v) is 4.32. The van der Waals surface area contributed by atoms with Crippen LogP contribution >= 0.6 is 0 Å². The molecule has 0 aromatic rings. The lowest BCUT2D eigenvalue weighted by Crippen LogP contribution is -2.01. The zero-order chi connectivity index (χ0) is 20.5. The van der Waals surface area contributed by atoms with Gasteiger partial charge in [0.15, 0.2) is 0 Å². The number of hydrogen-bond donors (Lipinski definition) is 0. The van der Waals surface area contributed by atoms with Gasteiger partial charge >= 0.3 is 0 Å². The zero-order valence-corrected chi connectivity index (χ0v) is 20.1. The molecule has 0 nitrogen and oxygen atoms in total. The van der Waals surface area contributed by atoms with E-state index in [0.29, 0.717) is 0 Å². The molecular formula is C28H54. The van der Waals surface area contributed by atoms with Crippen molar-refractivity contribution < 1.29 is 0 Å². The maximum atomic E-state index is 3.17. The van der Waals surface area contributed by atoms with Gasteiger partial charge in [-0.2, -0.15) is 0 Å². The predicted molar refractivity (Wildman–Crippen MR) is 130 cm³/mol. The minimum Gasteiger partial charge on any atom is -0.107 e. The van der Waals surface area contributed by atoms with Crippen molar-refractivity contribution in [3.05, 3.63) is 0 Å². The fraction of sp³-hybridized carbons (Fsp3) is 0.929. The molecule has 1 atom stereocenters. The number of unbranched alkanes of at least 4 members (excludes halogenated alkanes) is 16. The van der Waals surface area contributed by atoms with Gasteiger partial charge in [0.25, 0.3) is 0 Å². The lowest BCUT2D eigenvalue weighted by Gasteiger charge is -2.16. The Morgan fingerprint density at radius 1 is 0.464 bits per heavy atom. The summed E-state index contributed by atoms with van der Waals surface area (Å²) in [5, 5.41) is 0. The molecule has 0 saturated heterocycles. The van der Waals surface area contributed by atoms with Gasteiger partial charge in [-0.25, -0.2) is 0 Å². The van der Waals surface area contributed by atoms with Crippen LogP contribution in [0.1, 0.15) is 162 Å². The van der Waals surface area contributed by atoms with Gasteiger partial charge in [0, 0.05) is 6.42 Å². The standard InChI is InChI=1S/C28H54/c1-4-7-10-12-14-15-16-17-18-19-20-22-24-27-28(25-9-6-3)26-23-21-13-11-8-5-2/h28H,5-6,8-27H2,1-3H3. The van der Waals surface area contributed by atoms with E-state index in [4.69, 9.17) is 0 Å². The van der Waals surface area contributed by atoms with E-state index in [-0.39, 0.29) is 0 Å². The highest BCUT2D eigenvalue weighted by atomic mass is 14.1. The molecule has 0 aliphatic rings. The van der Waals surface area contributed by atoms with Crippen LogP contribution < -0.4 is 0 Å². The molecule has 0 bridgehead atoms. The first kappa shape index (κ1) is 27.6. The van der Waals surface area contributed by atoms with Crippen molar-refractivity contribution in [3.63, 3.8) is 0 Å². The third-order valence-electron chi connectivity index (χ3n) is 6.27. The Morgan fingerprint density at radius 2 is 0.857 bits per heavy atom. The van der Waals surface area contributed by atoms with Crippen LogP contribution in [0.3, 0.4) is 0 Å². The molecular weight excluding hydrogens is 336 g/mol. The second-order valence-electron chi connectivity index (χ2n) is 9.07. The first-order chi connectivity index (χ1) is 13.8. The van der Waals surface area contributed by atoms with Gasteiger partial charge in [-0.3, -0.25) is 0 Å². The maximum absolute atomic E-state index is 3.17. The first-order valence-electron chi connectivity index (χ1n) is 13.2. The second kappa shape index (κ2) is 24.6. The first-order valence-corrected chi connectivity index (χ1v) is 13.2. The molecule has 28 heavy (non-hydrogen) atoms. The number of rotatable bonds is 22. The largest absolute Gasteiger partial charge is 0.107 e. The highest BCUT2D eigenvalue weighted by Crippen LogP contribution is 2.24. The average molecular weight is 391 g/mol. The van der Waals surface area contributed by atoms with E-state index in [1.54, 1.807) is 0 Å². The van der Waals surface area contributed by atoms with Crippen molar-refractivity contribution in [2.24, 2.45) is 5.92 Å². The molecule has 0 heterocycles. The van der Waals surface area contributed by atoms with Crippen molar-refractivity contribution in [1.29, 1.82) is 0 Å². The molecule has 166 valence electrons. The van der Waals surface area contributed by atoms with E-state index in [1.807, 2.05) is 6.92 Å². The third kappa shape index (κ3) is 21.9. The maximum Gasteiger partial charge on any atom is 0.00885 e. The Hall–Kier alpha value is -0.440. The van der Waals surface area contributed by atoms with Gasteiger partial charge in [0.1, 0.15) is 0 Å². The van der Waals surface area contributed by atoms with Crippen LogP contribution in [-0.4, -0.2) is 0 Å². The van der Waals surface area contributed by atoms with Gasteiger partial charge in [0.2, 0.25) is 0 Å². The summed E-state index contributed by atoms with van der Waals surface area (Å²) in [5.41, 5.74) is 0. The third-order valence-corrected chi connectivity index (χ3v) is 6.27. The minimum atomic E-state index is 1.03. The predicted octanol–water partition coefficient (Wildman–Crippen LogP) is 10.2. The van der Waals surface area contributed by atoms with Gasteiger partial charge < -0.3 is 0 Å². The van der Waals surface area contributed by atoms with Gasteiger partial charge in [0.05, 0.1) is 0 Å². The molecule has 0 saturated carbocycles. The van der Waals surface area contributed by atoms with E-state index in [0.717, 1.165) is 12.3 Å². The quantitative estimate of drug-likeness (QED) is 0.127. The summed E-state index contributed by atoms with van der Waals surface area (Å²) in [4.78, 5) is 0. The summed E-state index contributed by atoms with van der Waals surface area (Å²) in [7, 11) is 0. The molecule has 0 spiro atoms. The molecule has 0 N–H and O–H groups in total. The second-order valence-corrected chi connectivity index (χ2v) is 9.07. The van der Waals surface area contributed by atoms with Crippen LogP contribution in [0.5, 0.6) is 0 Å². The molecule has 0 aromatic heterocycles. The minimum absolute atomic E-state index is 1.03. The van der Waals surface area contributed by atoms with Crippen LogP contribution in [0.2, 0.25) is 0 Å². The Labute approximate surface area is 180 Å². The van der Waals surface area contributed by atoms with E-state index < -0.39 is 0 Å². The fourth-order valence-electron chi connectivity index (χ4n) is 4.32. The molecule has 0 amide bonds.